The number of hydrogen-bond acceptors (Lipinski definition) is 4. The zero-order valence-corrected chi connectivity index (χ0v) is 9.05. The number of nitrogens with zero attached hydrogens (tertiary/aromatic N) is 3. The van der Waals surface area contributed by atoms with E-state index in [-0.39, 0.29) is 17.8 Å². The molecule has 1 aliphatic heterocycles. The Balaban J connectivity index is 2.33. The van der Waals surface area contributed by atoms with Gasteiger partial charge in [-0.1, -0.05) is 13.8 Å². The Labute approximate surface area is 92.3 Å². The van der Waals surface area contributed by atoms with Crippen LogP contribution in [0.1, 0.15) is 13.8 Å². The standard InChI is InChI=1S/C10H12FN3O2/c1-6(2)7-5-16-10(15)14(7)8-3-4-12-9(11)13-8/h3-4,6-7H,5H2,1-2H3. The van der Waals surface area contributed by atoms with Crippen molar-refractivity contribution < 1.29 is 13.9 Å². The van der Waals surface area contributed by atoms with Gasteiger partial charge in [0, 0.05) is 6.20 Å². The molecule has 6 heteroatoms. The van der Waals surface area contributed by atoms with Crippen LogP contribution in [-0.4, -0.2) is 28.7 Å². The van der Waals surface area contributed by atoms with E-state index in [0.29, 0.717) is 6.61 Å². The summed E-state index contributed by atoms with van der Waals surface area (Å²) in [6.45, 7) is 4.25. The summed E-state index contributed by atoms with van der Waals surface area (Å²) in [5.41, 5.74) is 0. The molecule has 16 heavy (non-hydrogen) atoms. The zero-order valence-electron chi connectivity index (χ0n) is 9.05. The number of aromatic nitrogens is 2. The Morgan fingerprint density at radius 2 is 2.38 bits per heavy atom. The SMILES string of the molecule is CC(C)C1COC(=O)N1c1ccnc(F)n1. The van der Waals surface area contributed by atoms with Gasteiger partial charge in [-0.3, -0.25) is 4.90 Å². The van der Waals surface area contributed by atoms with Gasteiger partial charge in [0.15, 0.2) is 0 Å². The van der Waals surface area contributed by atoms with Gasteiger partial charge in [-0.05, 0) is 12.0 Å². The van der Waals surface area contributed by atoms with Crippen molar-refractivity contribution in [2.45, 2.75) is 19.9 Å². The summed E-state index contributed by atoms with van der Waals surface area (Å²) in [5.74, 6) is 0.457. The third kappa shape index (κ3) is 1.82. The van der Waals surface area contributed by atoms with Crippen LogP contribution in [0.3, 0.4) is 0 Å². The quantitative estimate of drug-likeness (QED) is 0.717. The second-order valence-electron chi connectivity index (χ2n) is 3.94. The maximum Gasteiger partial charge on any atom is 0.415 e. The lowest BCUT2D eigenvalue weighted by molar-refractivity contribution is 0.177. The van der Waals surface area contributed by atoms with Gasteiger partial charge in [0.2, 0.25) is 0 Å². The number of carbonyl (C=O) groups excluding carboxylic acids is 1. The molecule has 1 atom stereocenters. The average molecular weight is 225 g/mol. The number of amides is 1. The van der Waals surface area contributed by atoms with Crippen molar-refractivity contribution in [2.24, 2.45) is 5.92 Å². The molecule has 2 heterocycles. The van der Waals surface area contributed by atoms with E-state index in [2.05, 4.69) is 9.97 Å². The molecular weight excluding hydrogens is 213 g/mol. The lowest BCUT2D eigenvalue weighted by atomic mass is 10.0. The molecule has 1 saturated heterocycles. The van der Waals surface area contributed by atoms with Crippen molar-refractivity contribution >= 4 is 11.9 Å². The molecule has 2 rings (SSSR count). The van der Waals surface area contributed by atoms with Gasteiger partial charge >= 0.3 is 12.2 Å². The maximum absolute atomic E-state index is 12.9. The molecule has 1 unspecified atom stereocenters. The summed E-state index contributed by atoms with van der Waals surface area (Å²) >= 11 is 0. The molecule has 0 radical (unpaired) electrons. The maximum atomic E-state index is 12.9. The third-order valence-electron chi connectivity index (χ3n) is 2.53. The Morgan fingerprint density at radius 3 is 3.00 bits per heavy atom. The van der Waals surface area contributed by atoms with Crippen LogP contribution in [0.25, 0.3) is 0 Å². The fourth-order valence-electron chi connectivity index (χ4n) is 1.65. The largest absolute Gasteiger partial charge is 0.447 e. The molecule has 0 spiro atoms. The fourth-order valence-corrected chi connectivity index (χ4v) is 1.65. The molecule has 1 aliphatic rings. The molecule has 0 aliphatic carbocycles. The predicted octanol–water partition coefficient (Wildman–Crippen LogP) is 1.60. The number of carbonyl (C=O) groups is 1. The van der Waals surface area contributed by atoms with E-state index >= 15 is 0 Å². The van der Waals surface area contributed by atoms with E-state index in [1.165, 1.54) is 17.2 Å². The normalized spacial score (nSPS) is 20.4. The molecule has 5 nitrogen and oxygen atoms in total. The van der Waals surface area contributed by atoms with Crippen LogP contribution in [0.4, 0.5) is 15.0 Å². The predicted molar refractivity (Wildman–Crippen MR) is 54.4 cm³/mol. The number of ether oxygens (including phenoxy) is 1. The van der Waals surface area contributed by atoms with Gasteiger partial charge in [-0.2, -0.15) is 9.37 Å². The minimum Gasteiger partial charge on any atom is -0.447 e. The Hall–Kier alpha value is -1.72. The van der Waals surface area contributed by atoms with Crippen molar-refractivity contribution in [3.05, 3.63) is 18.3 Å². The van der Waals surface area contributed by atoms with Crippen LogP contribution in [0.15, 0.2) is 12.3 Å². The van der Waals surface area contributed by atoms with Crippen molar-refractivity contribution in [1.82, 2.24) is 9.97 Å². The van der Waals surface area contributed by atoms with Crippen LogP contribution in [0.5, 0.6) is 0 Å². The van der Waals surface area contributed by atoms with Gasteiger partial charge < -0.3 is 4.74 Å². The van der Waals surface area contributed by atoms with E-state index in [1.807, 2.05) is 13.8 Å². The zero-order chi connectivity index (χ0) is 11.7. The highest BCUT2D eigenvalue weighted by Gasteiger charge is 2.37. The van der Waals surface area contributed by atoms with E-state index < -0.39 is 12.2 Å². The van der Waals surface area contributed by atoms with Crippen molar-refractivity contribution in [1.29, 1.82) is 0 Å². The van der Waals surface area contributed by atoms with Crippen molar-refractivity contribution in [2.75, 3.05) is 11.5 Å². The summed E-state index contributed by atoms with van der Waals surface area (Å²) in [4.78, 5) is 19.8. The summed E-state index contributed by atoms with van der Waals surface area (Å²) in [6.07, 6.45) is -0.0581. The van der Waals surface area contributed by atoms with Gasteiger partial charge in [0.1, 0.15) is 12.4 Å². The number of hydrogen-bond donors (Lipinski definition) is 0. The Bertz CT molecular complexity index is 411. The molecule has 0 aromatic carbocycles. The number of halogens is 1. The Morgan fingerprint density at radius 1 is 1.62 bits per heavy atom. The summed E-state index contributed by atoms with van der Waals surface area (Å²) in [7, 11) is 0. The third-order valence-corrected chi connectivity index (χ3v) is 2.53. The van der Waals surface area contributed by atoms with E-state index in [9.17, 15) is 9.18 Å². The van der Waals surface area contributed by atoms with Gasteiger partial charge in [-0.15, -0.1) is 0 Å². The smallest absolute Gasteiger partial charge is 0.415 e. The molecule has 0 N–H and O–H groups in total. The van der Waals surface area contributed by atoms with Crippen LogP contribution in [0, 0.1) is 12.0 Å². The molecule has 0 saturated carbocycles. The number of rotatable bonds is 2. The monoisotopic (exact) mass is 225 g/mol. The highest BCUT2D eigenvalue weighted by atomic mass is 19.1. The van der Waals surface area contributed by atoms with E-state index in [0.717, 1.165) is 0 Å². The van der Waals surface area contributed by atoms with Gasteiger partial charge in [-0.25, -0.2) is 9.78 Å². The summed E-state index contributed by atoms with van der Waals surface area (Å²) in [5, 5.41) is 0. The van der Waals surface area contributed by atoms with E-state index in [1.54, 1.807) is 0 Å². The summed E-state index contributed by atoms with van der Waals surface area (Å²) < 4.78 is 17.8. The number of anilines is 1. The minimum absolute atomic E-state index is 0.109. The van der Waals surface area contributed by atoms with E-state index in [4.69, 9.17) is 4.74 Å². The molecule has 1 aromatic rings. The van der Waals surface area contributed by atoms with Crippen molar-refractivity contribution in [3.8, 4) is 0 Å². The highest BCUT2D eigenvalue weighted by Crippen LogP contribution is 2.24. The summed E-state index contributed by atoms with van der Waals surface area (Å²) in [6, 6.07) is 1.38. The first-order valence-corrected chi connectivity index (χ1v) is 5.04. The highest BCUT2D eigenvalue weighted by molar-refractivity contribution is 5.89. The second-order valence-corrected chi connectivity index (χ2v) is 3.94. The van der Waals surface area contributed by atoms with Crippen LogP contribution >= 0.6 is 0 Å². The molecule has 86 valence electrons. The van der Waals surface area contributed by atoms with Crippen LogP contribution in [-0.2, 0) is 4.74 Å². The van der Waals surface area contributed by atoms with Gasteiger partial charge in [0.25, 0.3) is 0 Å². The van der Waals surface area contributed by atoms with Crippen LogP contribution < -0.4 is 4.90 Å². The minimum atomic E-state index is -0.847. The first-order valence-electron chi connectivity index (χ1n) is 5.04. The lowest BCUT2D eigenvalue weighted by Crippen LogP contribution is -2.37. The van der Waals surface area contributed by atoms with Gasteiger partial charge in [0.05, 0.1) is 6.04 Å². The first kappa shape index (κ1) is 10.8. The fraction of sp³-hybridized carbons (Fsp3) is 0.500. The molecule has 1 fully saturated rings. The number of cyclic esters (lactones) is 1. The molecule has 1 amide bonds. The molecular formula is C10H12FN3O2. The topological polar surface area (TPSA) is 55.3 Å². The van der Waals surface area contributed by atoms with Crippen LogP contribution in [0.2, 0.25) is 0 Å². The first-order chi connectivity index (χ1) is 7.59. The lowest BCUT2D eigenvalue weighted by Gasteiger charge is -2.22. The molecule has 0 bridgehead atoms. The molecule has 1 aromatic heterocycles. The van der Waals surface area contributed by atoms with Crippen molar-refractivity contribution in [3.63, 3.8) is 0 Å². The average Bonchev–Trinajstić information content (AvgIpc) is 2.60. The second kappa shape index (κ2) is 4.03. The Kier molecular flexibility index (Phi) is 2.72.